The summed E-state index contributed by atoms with van der Waals surface area (Å²) in [5.74, 6) is 0.330. The molecule has 0 saturated carbocycles. The summed E-state index contributed by atoms with van der Waals surface area (Å²) in [5, 5.41) is 9.38. The van der Waals surface area contributed by atoms with Gasteiger partial charge in [0.1, 0.15) is 5.75 Å². The number of benzene rings is 2. The van der Waals surface area contributed by atoms with E-state index in [2.05, 4.69) is 28.7 Å². The maximum Gasteiger partial charge on any atom is 0.128 e. The fourth-order valence-corrected chi connectivity index (χ4v) is 1.78. The first kappa shape index (κ1) is 9.52. The van der Waals surface area contributed by atoms with Crippen LogP contribution in [0.2, 0.25) is 0 Å². The lowest BCUT2D eigenvalue weighted by molar-refractivity contribution is 0.471. The maximum absolute atomic E-state index is 9.38. The van der Waals surface area contributed by atoms with E-state index < -0.39 is 0 Å². The zero-order valence-electron chi connectivity index (χ0n) is 7.37. The molecule has 0 fully saturated rings. The predicted molar refractivity (Wildman–Crippen MR) is 65.1 cm³/mol. The van der Waals surface area contributed by atoms with Crippen molar-refractivity contribution in [2.24, 2.45) is 0 Å². The van der Waals surface area contributed by atoms with Gasteiger partial charge < -0.3 is 5.11 Å². The van der Waals surface area contributed by atoms with Crippen LogP contribution in [0.5, 0.6) is 5.75 Å². The summed E-state index contributed by atoms with van der Waals surface area (Å²) in [4.78, 5) is 0. The summed E-state index contributed by atoms with van der Waals surface area (Å²) in [7, 11) is 0. The average Bonchev–Trinajstić information content (AvgIpc) is 2.23. The number of halogens is 1. The number of hydrogen-bond donors (Lipinski definition) is 1. The van der Waals surface area contributed by atoms with E-state index in [1.54, 1.807) is 6.07 Å². The Bertz CT molecular complexity index is 437. The molecule has 0 spiro atoms. The van der Waals surface area contributed by atoms with Crippen molar-refractivity contribution >= 4 is 22.6 Å². The van der Waals surface area contributed by atoms with Gasteiger partial charge in [-0.25, -0.2) is 0 Å². The summed E-state index contributed by atoms with van der Waals surface area (Å²) in [6.07, 6.45) is 0. The molecule has 0 saturated heterocycles. The van der Waals surface area contributed by atoms with Crippen LogP contribution in [0.4, 0.5) is 0 Å². The van der Waals surface area contributed by atoms with Crippen molar-refractivity contribution in [3.05, 3.63) is 52.1 Å². The molecular weight excluding hydrogens is 287 g/mol. The molecule has 0 aliphatic heterocycles. The van der Waals surface area contributed by atoms with Gasteiger partial charge in [-0.1, -0.05) is 30.3 Å². The Balaban J connectivity index is 2.48. The van der Waals surface area contributed by atoms with Crippen LogP contribution < -0.4 is 0 Å². The molecule has 0 amide bonds. The topological polar surface area (TPSA) is 20.2 Å². The van der Waals surface area contributed by atoms with E-state index in [1.807, 2.05) is 36.4 Å². The first-order chi connectivity index (χ1) is 6.77. The van der Waals surface area contributed by atoms with Gasteiger partial charge in [0.2, 0.25) is 0 Å². The van der Waals surface area contributed by atoms with Crippen molar-refractivity contribution in [2.75, 3.05) is 0 Å². The van der Waals surface area contributed by atoms with Crippen molar-refractivity contribution in [1.29, 1.82) is 0 Å². The highest BCUT2D eigenvalue weighted by molar-refractivity contribution is 14.1. The molecule has 0 bridgehead atoms. The van der Waals surface area contributed by atoms with Crippen LogP contribution in [-0.2, 0) is 0 Å². The largest absolute Gasteiger partial charge is 0.507 e. The third-order valence-electron chi connectivity index (χ3n) is 2.00. The molecule has 2 aromatic carbocycles. The molecule has 1 N–H and O–H groups in total. The van der Waals surface area contributed by atoms with E-state index in [-0.39, 0.29) is 0 Å². The van der Waals surface area contributed by atoms with Crippen molar-refractivity contribution in [3.8, 4) is 16.9 Å². The molecule has 2 aromatic rings. The van der Waals surface area contributed by atoms with Gasteiger partial charge in [-0.15, -0.1) is 0 Å². The Hall–Kier alpha value is -1.03. The molecule has 0 aromatic heterocycles. The standard InChI is InChI=1S/C12H8IO/c13-11-8-10(6-7-12(11)14)9-4-2-1-3-5-9/h2-8,14H. The molecule has 2 heteroatoms. The zero-order chi connectivity index (χ0) is 9.97. The number of aromatic hydroxyl groups is 1. The van der Waals surface area contributed by atoms with Crippen LogP contribution in [0.25, 0.3) is 11.1 Å². The molecule has 2 rings (SSSR count). The minimum Gasteiger partial charge on any atom is -0.507 e. The Morgan fingerprint density at radius 2 is 1.71 bits per heavy atom. The van der Waals surface area contributed by atoms with E-state index in [1.165, 1.54) is 0 Å². The summed E-state index contributed by atoms with van der Waals surface area (Å²) < 4.78 is 0.868. The van der Waals surface area contributed by atoms with Crippen LogP contribution in [0, 0.1) is 9.64 Å². The highest BCUT2D eigenvalue weighted by Crippen LogP contribution is 2.26. The first-order valence-corrected chi connectivity index (χ1v) is 5.30. The minimum absolute atomic E-state index is 0.330. The highest BCUT2D eigenvalue weighted by atomic mass is 127. The van der Waals surface area contributed by atoms with E-state index >= 15 is 0 Å². The molecule has 1 nitrogen and oxygen atoms in total. The quantitative estimate of drug-likeness (QED) is 0.799. The Labute approximate surface area is 96.5 Å². The van der Waals surface area contributed by atoms with Gasteiger partial charge >= 0.3 is 0 Å². The number of hydrogen-bond acceptors (Lipinski definition) is 1. The number of phenolic OH excluding ortho intramolecular Hbond substituents is 1. The molecule has 0 unspecified atom stereocenters. The zero-order valence-corrected chi connectivity index (χ0v) is 9.52. The van der Waals surface area contributed by atoms with Gasteiger partial charge in [-0.3, -0.25) is 0 Å². The fraction of sp³-hybridized carbons (Fsp3) is 0. The van der Waals surface area contributed by atoms with Gasteiger partial charge in [-0.05, 0) is 51.9 Å². The van der Waals surface area contributed by atoms with Crippen LogP contribution in [0.15, 0.2) is 42.5 Å². The maximum atomic E-state index is 9.38. The van der Waals surface area contributed by atoms with Gasteiger partial charge in [0.25, 0.3) is 0 Å². The van der Waals surface area contributed by atoms with Crippen molar-refractivity contribution in [3.63, 3.8) is 0 Å². The van der Waals surface area contributed by atoms with Gasteiger partial charge in [-0.2, -0.15) is 0 Å². The molecule has 0 aliphatic carbocycles. The predicted octanol–water partition coefficient (Wildman–Crippen LogP) is 3.46. The third-order valence-corrected chi connectivity index (χ3v) is 2.86. The summed E-state index contributed by atoms with van der Waals surface area (Å²) in [6, 6.07) is 16.3. The van der Waals surface area contributed by atoms with Gasteiger partial charge in [0.15, 0.2) is 0 Å². The molecule has 0 heterocycles. The van der Waals surface area contributed by atoms with Crippen LogP contribution in [-0.4, -0.2) is 5.11 Å². The SMILES string of the molecule is Oc1ccc(-c2cc[c]cc2)cc1I. The molecule has 0 aliphatic rings. The molecule has 14 heavy (non-hydrogen) atoms. The van der Waals surface area contributed by atoms with Crippen molar-refractivity contribution in [2.45, 2.75) is 0 Å². The Kier molecular flexibility index (Phi) is 2.72. The van der Waals surface area contributed by atoms with E-state index in [0.29, 0.717) is 5.75 Å². The lowest BCUT2D eigenvalue weighted by Gasteiger charge is -2.02. The Morgan fingerprint density at radius 1 is 1.00 bits per heavy atom. The van der Waals surface area contributed by atoms with Crippen molar-refractivity contribution in [1.82, 2.24) is 0 Å². The minimum atomic E-state index is 0.330. The summed E-state index contributed by atoms with van der Waals surface area (Å²) >= 11 is 2.12. The summed E-state index contributed by atoms with van der Waals surface area (Å²) in [5.41, 5.74) is 2.25. The van der Waals surface area contributed by atoms with Crippen molar-refractivity contribution < 1.29 is 5.11 Å². The average molecular weight is 295 g/mol. The third kappa shape index (κ3) is 1.90. The van der Waals surface area contributed by atoms with E-state index in [0.717, 1.165) is 14.7 Å². The number of phenols is 1. The fourth-order valence-electron chi connectivity index (χ4n) is 1.27. The second-order valence-electron chi connectivity index (χ2n) is 2.95. The van der Waals surface area contributed by atoms with Gasteiger partial charge in [0, 0.05) is 0 Å². The lowest BCUT2D eigenvalue weighted by Crippen LogP contribution is -1.79. The summed E-state index contributed by atoms with van der Waals surface area (Å²) in [6.45, 7) is 0. The first-order valence-electron chi connectivity index (χ1n) is 4.22. The van der Waals surface area contributed by atoms with E-state index in [9.17, 15) is 5.11 Å². The second kappa shape index (κ2) is 4.00. The Morgan fingerprint density at radius 3 is 2.36 bits per heavy atom. The normalized spacial score (nSPS) is 10.1. The van der Waals surface area contributed by atoms with Crippen LogP contribution >= 0.6 is 22.6 Å². The number of rotatable bonds is 1. The lowest BCUT2D eigenvalue weighted by atomic mass is 10.1. The van der Waals surface area contributed by atoms with E-state index in [4.69, 9.17) is 0 Å². The second-order valence-corrected chi connectivity index (χ2v) is 4.12. The molecular formula is C12H8IO. The molecule has 69 valence electrons. The van der Waals surface area contributed by atoms with Crippen LogP contribution in [0.1, 0.15) is 0 Å². The van der Waals surface area contributed by atoms with Gasteiger partial charge in [0.05, 0.1) is 3.57 Å². The molecule has 0 atom stereocenters. The van der Waals surface area contributed by atoms with Crippen LogP contribution in [0.3, 0.4) is 0 Å². The highest BCUT2D eigenvalue weighted by Gasteiger charge is 2.00. The molecule has 1 radical (unpaired) electrons. The smallest absolute Gasteiger partial charge is 0.128 e. The monoisotopic (exact) mass is 295 g/mol.